The molecule has 3 aliphatic carbocycles. The Labute approximate surface area is 388 Å². The average molecular weight is 914 g/mol. The number of aliphatic hydroxyl groups is 2. The quantitative estimate of drug-likeness (QED) is 0.0915. The van der Waals surface area contributed by atoms with Crippen LogP contribution >= 0.6 is 0 Å². The lowest BCUT2D eigenvalue weighted by molar-refractivity contribution is -0.336. The fourth-order valence-corrected chi connectivity index (χ4v) is 11.4. The number of fused-ring (bicyclic) bond motifs is 5. The number of benzene rings is 4. The third-order valence-electron chi connectivity index (χ3n) is 15.0. The molecule has 3 fully saturated rings. The molecular weight excluding hydrogens is 859 g/mol. The summed E-state index contributed by atoms with van der Waals surface area (Å²) in [5, 5.41) is 26.3. The number of carbonyl (C=O) groups is 4. The molecule has 2 heterocycles. The number of carbonyl (C=O) groups excluding carboxylic acids is 4. The molecule has 14 nitrogen and oxygen atoms in total. The molecule has 67 heavy (non-hydrogen) atoms. The van der Waals surface area contributed by atoms with Gasteiger partial charge in [-0.3, -0.25) is 4.79 Å². The molecule has 4 aromatic rings. The van der Waals surface area contributed by atoms with Gasteiger partial charge in [-0.25, -0.2) is 19.4 Å². The van der Waals surface area contributed by atoms with Gasteiger partial charge in [0.15, 0.2) is 25.1 Å². The zero-order valence-corrected chi connectivity index (χ0v) is 38.0. The Balaban J connectivity index is 1.11. The summed E-state index contributed by atoms with van der Waals surface area (Å²) in [6, 6.07) is 35.0. The highest BCUT2D eigenvalue weighted by Gasteiger charge is 2.75. The third-order valence-corrected chi connectivity index (χ3v) is 15.0. The van der Waals surface area contributed by atoms with Gasteiger partial charge in [-0.2, -0.15) is 0 Å². The Morgan fingerprint density at radius 3 is 1.88 bits per heavy atom. The van der Waals surface area contributed by atoms with Crippen LogP contribution < -0.4 is 9.47 Å². The number of hydrogen-bond donors (Lipinski definition) is 2. The molecule has 0 spiro atoms. The van der Waals surface area contributed by atoms with Crippen LogP contribution in [0, 0.1) is 22.7 Å². The van der Waals surface area contributed by atoms with Crippen LogP contribution in [-0.2, 0) is 42.9 Å². The molecule has 14 heteroatoms. The van der Waals surface area contributed by atoms with E-state index in [1.165, 1.54) is 0 Å². The van der Waals surface area contributed by atoms with E-state index in [1.54, 1.807) is 89.2 Å². The van der Waals surface area contributed by atoms with Crippen LogP contribution in [0.3, 0.4) is 0 Å². The van der Waals surface area contributed by atoms with Crippen LogP contribution in [0.4, 0.5) is 0 Å². The van der Waals surface area contributed by atoms with Crippen molar-refractivity contribution in [3.8, 4) is 11.5 Å². The Hall–Kier alpha value is -6.35. The standard InChI is InChI=1S/C53H55NO13/c1-31-37(64-49(58)45-43(33-18-10-6-11-19-33)54-48(67-45)34-20-12-7-13-21-34)27-53(60)32(2)46-51(5,38(26-39-52(46,59)30-63-39)65-40(55)28-61-35-22-14-8-15-23-35)47(57)44(42(31)50(53,3)4)66-41(56)29-62-36-24-16-9-17-25-36/h6-25,32,37-39,43-46,59-60H,26-30H2,1-5H3. The largest absolute Gasteiger partial charge is 0.482 e. The second kappa shape index (κ2) is 17.7. The van der Waals surface area contributed by atoms with E-state index >= 15 is 4.79 Å². The first-order valence-corrected chi connectivity index (χ1v) is 22.7. The van der Waals surface area contributed by atoms with E-state index in [4.69, 9.17) is 38.2 Å². The fourth-order valence-electron chi connectivity index (χ4n) is 11.4. The van der Waals surface area contributed by atoms with Gasteiger partial charge < -0.3 is 43.4 Å². The predicted octanol–water partition coefficient (Wildman–Crippen LogP) is 6.32. The Morgan fingerprint density at radius 1 is 0.761 bits per heavy atom. The monoisotopic (exact) mass is 913 g/mol. The molecule has 4 aromatic carbocycles. The summed E-state index contributed by atoms with van der Waals surface area (Å²) in [5.41, 5.74) is -4.80. The summed E-state index contributed by atoms with van der Waals surface area (Å²) in [4.78, 5) is 63.3. The van der Waals surface area contributed by atoms with Crippen molar-refractivity contribution in [2.45, 2.75) is 95.2 Å². The van der Waals surface area contributed by atoms with Gasteiger partial charge in [0.2, 0.25) is 12.0 Å². The maximum Gasteiger partial charge on any atom is 0.350 e. The molecule has 5 aliphatic rings. The molecule has 11 atom stereocenters. The molecule has 0 radical (unpaired) electrons. The van der Waals surface area contributed by atoms with Gasteiger partial charge in [0.25, 0.3) is 0 Å². The maximum atomic E-state index is 16.0. The fraction of sp³-hybridized carbons (Fsp3) is 0.415. The van der Waals surface area contributed by atoms with Crippen molar-refractivity contribution in [2.75, 3.05) is 19.8 Å². The van der Waals surface area contributed by atoms with Crippen molar-refractivity contribution in [3.05, 3.63) is 144 Å². The molecule has 2 N–H and O–H groups in total. The summed E-state index contributed by atoms with van der Waals surface area (Å²) in [6.07, 6.45) is -6.55. The minimum atomic E-state index is -1.89. The number of aliphatic imine (C=N–C) groups is 1. The molecule has 0 aromatic heterocycles. The normalized spacial score (nSPS) is 32.6. The van der Waals surface area contributed by atoms with Gasteiger partial charge in [-0.05, 0) is 72.9 Å². The Morgan fingerprint density at radius 2 is 1.31 bits per heavy atom. The lowest BCUT2D eigenvalue weighted by Gasteiger charge is -2.67. The first kappa shape index (κ1) is 45.8. The summed E-state index contributed by atoms with van der Waals surface area (Å²) in [7, 11) is 0. The van der Waals surface area contributed by atoms with E-state index in [9.17, 15) is 24.6 Å². The second-order valence-corrected chi connectivity index (χ2v) is 19.0. The molecule has 2 aliphatic heterocycles. The number of rotatable bonds is 12. The second-order valence-electron chi connectivity index (χ2n) is 19.0. The van der Waals surface area contributed by atoms with Gasteiger partial charge in [0.05, 0.1) is 23.7 Å². The van der Waals surface area contributed by atoms with Crippen LogP contribution in [0.25, 0.3) is 0 Å². The van der Waals surface area contributed by atoms with E-state index in [0.29, 0.717) is 28.2 Å². The minimum absolute atomic E-state index is 0.0755. The average Bonchev–Trinajstić information content (AvgIpc) is 3.79. The van der Waals surface area contributed by atoms with E-state index in [0.717, 1.165) is 0 Å². The number of ketones is 1. The van der Waals surface area contributed by atoms with Crippen LogP contribution in [0.2, 0.25) is 0 Å². The Bertz CT molecular complexity index is 2570. The predicted molar refractivity (Wildman–Crippen MR) is 242 cm³/mol. The summed E-state index contributed by atoms with van der Waals surface area (Å²) in [5.74, 6) is -4.19. The molecule has 2 bridgehead atoms. The van der Waals surface area contributed by atoms with Crippen molar-refractivity contribution in [2.24, 2.45) is 27.7 Å². The topological polar surface area (TPSA) is 186 Å². The highest BCUT2D eigenvalue weighted by Crippen LogP contribution is 2.65. The van der Waals surface area contributed by atoms with E-state index in [-0.39, 0.29) is 30.9 Å². The van der Waals surface area contributed by atoms with Crippen molar-refractivity contribution >= 4 is 29.6 Å². The molecule has 2 saturated carbocycles. The van der Waals surface area contributed by atoms with Crippen LogP contribution in [0.5, 0.6) is 11.5 Å². The number of nitrogens with zero attached hydrogens (tertiary/aromatic N) is 1. The van der Waals surface area contributed by atoms with Crippen LogP contribution in [0.15, 0.2) is 137 Å². The third kappa shape index (κ3) is 7.98. The minimum Gasteiger partial charge on any atom is -0.482 e. The Kier molecular flexibility index (Phi) is 12.1. The van der Waals surface area contributed by atoms with Crippen LogP contribution in [-0.4, -0.2) is 101 Å². The van der Waals surface area contributed by atoms with Gasteiger partial charge in [-0.1, -0.05) is 106 Å². The number of para-hydroxylation sites is 2. The van der Waals surface area contributed by atoms with E-state index in [1.807, 2.05) is 66.7 Å². The van der Waals surface area contributed by atoms with Crippen molar-refractivity contribution in [3.63, 3.8) is 0 Å². The molecule has 11 unspecified atom stereocenters. The van der Waals surface area contributed by atoms with Gasteiger partial charge in [0.1, 0.15) is 35.3 Å². The van der Waals surface area contributed by atoms with Crippen molar-refractivity contribution in [1.29, 1.82) is 0 Å². The summed E-state index contributed by atoms with van der Waals surface area (Å²) < 4.78 is 42.6. The molecule has 0 amide bonds. The first-order valence-electron chi connectivity index (χ1n) is 22.7. The number of hydrogen-bond acceptors (Lipinski definition) is 14. The number of ether oxygens (including phenoxy) is 7. The summed E-state index contributed by atoms with van der Waals surface area (Å²) in [6.45, 7) is 7.28. The van der Waals surface area contributed by atoms with E-state index in [2.05, 4.69) is 0 Å². The zero-order chi connectivity index (χ0) is 47.3. The van der Waals surface area contributed by atoms with E-state index < -0.39 is 107 Å². The highest BCUT2D eigenvalue weighted by molar-refractivity contribution is 5.98. The molecule has 1 saturated heterocycles. The smallest absolute Gasteiger partial charge is 0.350 e. The van der Waals surface area contributed by atoms with Gasteiger partial charge >= 0.3 is 17.9 Å². The molecular formula is C53H55NO13. The SMILES string of the molecule is CC1=C2C(OC(=O)COc3ccccc3)C(=O)C3(C)C(OC(=O)COc4ccccc4)CC4OCC4(O)C3C(C)C(O)(CC1OC(=O)C1OC(c3ccccc3)=NC1c1ccccc1)C2(C)C. The number of esters is 3. The van der Waals surface area contributed by atoms with Crippen molar-refractivity contribution < 1.29 is 62.5 Å². The molecule has 350 valence electrons. The summed E-state index contributed by atoms with van der Waals surface area (Å²) >= 11 is 0. The maximum absolute atomic E-state index is 16.0. The lowest BCUT2D eigenvalue weighted by atomic mass is 9.42. The van der Waals surface area contributed by atoms with Gasteiger partial charge in [-0.15, -0.1) is 0 Å². The van der Waals surface area contributed by atoms with Crippen molar-refractivity contribution in [1.82, 2.24) is 0 Å². The first-order chi connectivity index (χ1) is 32.1. The highest BCUT2D eigenvalue weighted by atomic mass is 16.6. The van der Waals surface area contributed by atoms with Crippen LogP contribution in [0.1, 0.15) is 64.6 Å². The zero-order valence-electron chi connectivity index (χ0n) is 38.0. The van der Waals surface area contributed by atoms with Gasteiger partial charge in [0, 0.05) is 29.7 Å². The number of Topliss-reactive ketones (excluding diaryl/α,β-unsaturated/α-hetero) is 1. The molecule has 9 rings (SSSR count). The lowest BCUT2D eigenvalue weighted by Crippen LogP contribution is -2.79.